The summed E-state index contributed by atoms with van der Waals surface area (Å²) in [6, 6.07) is 25.1. The predicted molar refractivity (Wildman–Crippen MR) is 132 cm³/mol. The number of para-hydroxylation sites is 2. The SMILES string of the molecule is CC(c1ccc(-n2cnc3ccccc32)cc1)N(C)Cc1nc(Cc2cccc(Br)c2)no1. The molecule has 166 valence electrons. The second kappa shape index (κ2) is 9.29. The summed E-state index contributed by atoms with van der Waals surface area (Å²) in [5.41, 5.74) is 5.55. The van der Waals surface area contributed by atoms with E-state index in [-0.39, 0.29) is 6.04 Å². The Labute approximate surface area is 201 Å². The number of benzene rings is 3. The van der Waals surface area contributed by atoms with Crippen LogP contribution in [0.25, 0.3) is 16.7 Å². The Morgan fingerprint density at radius 1 is 1.03 bits per heavy atom. The molecule has 0 aliphatic heterocycles. The van der Waals surface area contributed by atoms with Crippen LogP contribution in [0.3, 0.4) is 0 Å². The zero-order chi connectivity index (χ0) is 22.8. The summed E-state index contributed by atoms with van der Waals surface area (Å²) in [6.07, 6.45) is 2.52. The van der Waals surface area contributed by atoms with Gasteiger partial charge in [0.1, 0.15) is 6.33 Å². The van der Waals surface area contributed by atoms with Crippen LogP contribution < -0.4 is 0 Å². The summed E-state index contributed by atoms with van der Waals surface area (Å²) in [7, 11) is 2.07. The van der Waals surface area contributed by atoms with Crippen LogP contribution in [0, 0.1) is 0 Å². The molecule has 0 aliphatic rings. The van der Waals surface area contributed by atoms with E-state index < -0.39 is 0 Å². The van der Waals surface area contributed by atoms with Gasteiger partial charge in [0.2, 0.25) is 5.89 Å². The molecule has 1 atom stereocenters. The maximum absolute atomic E-state index is 5.51. The Kier molecular flexibility index (Phi) is 6.07. The van der Waals surface area contributed by atoms with Gasteiger partial charge in [0.25, 0.3) is 0 Å². The van der Waals surface area contributed by atoms with Crippen LogP contribution in [0.4, 0.5) is 0 Å². The lowest BCUT2D eigenvalue weighted by Gasteiger charge is -2.23. The minimum atomic E-state index is 0.194. The fraction of sp³-hybridized carbons (Fsp3) is 0.192. The Bertz CT molecular complexity index is 1380. The lowest BCUT2D eigenvalue weighted by Crippen LogP contribution is -2.22. The maximum atomic E-state index is 5.51. The molecule has 0 N–H and O–H groups in total. The quantitative estimate of drug-likeness (QED) is 0.275. The van der Waals surface area contributed by atoms with E-state index in [1.54, 1.807) is 0 Å². The van der Waals surface area contributed by atoms with Crippen molar-refractivity contribution in [3.63, 3.8) is 0 Å². The average Bonchev–Trinajstić information content (AvgIpc) is 3.45. The van der Waals surface area contributed by atoms with E-state index >= 15 is 0 Å². The highest BCUT2D eigenvalue weighted by Crippen LogP contribution is 2.24. The number of hydrogen-bond acceptors (Lipinski definition) is 5. The van der Waals surface area contributed by atoms with Gasteiger partial charge in [0.15, 0.2) is 5.82 Å². The van der Waals surface area contributed by atoms with E-state index in [4.69, 9.17) is 4.52 Å². The average molecular weight is 502 g/mol. The molecule has 3 aromatic carbocycles. The maximum Gasteiger partial charge on any atom is 0.240 e. The zero-order valence-electron chi connectivity index (χ0n) is 18.5. The first kappa shape index (κ1) is 21.6. The van der Waals surface area contributed by atoms with Gasteiger partial charge < -0.3 is 4.52 Å². The van der Waals surface area contributed by atoms with E-state index in [0.29, 0.717) is 24.7 Å². The Balaban J connectivity index is 1.25. The topological polar surface area (TPSA) is 60.0 Å². The van der Waals surface area contributed by atoms with Gasteiger partial charge in [-0.2, -0.15) is 4.98 Å². The van der Waals surface area contributed by atoms with E-state index in [0.717, 1.165) is 26.8 Å². The first-order valence-corrected chi connectivity index (χ1v) is 11.6. The first-order valence-electron chi connectivity index (χ1n) is 10.9. The molecule has 0 saturated carbocycles. The van der Waals surface area contributed by atoms with Crippen molar-refractivity contribution in [2.75, 3.05) is 7.05 Å². The third kappa shape index (κ3) is 4.74. The number of imidazole rings is 1. The van der Waals surface area contributed by atoms with Crippen LogP contribution in [0.5, 0.6) is 0 Å². The van der Waals surface area contributed by atoms with Crippen LogP contribution in [0.1, 0.15) is 35.8 Å². The number of fused-ring (bicyclic) bond motifs is 1. The minimum Gasteiger partial charge on any atom is -0.338 e. The molecule has 33 heavy (non-hydrogen) atoms. The highest BCUT2D eigenvalue weighted by atomic mass is 79.9. The number of rotatable bonds is 7. The largest absolute Gasteiger partial charge is 0.338 e. The van der Waals surface area contributed by atoms with E-state index in [1.165, 1.54) is 5.56 Å². The lowest BCUT2D eigenvalue weighted by atomic mass is 10.1. The minimum absolute atomic E-state index is 0.194. The van der Waals surface area contributed by atoms with Crippen molar-refractivity contribution >= 4 is 27.0 Å². The van der Waals surface area contributed by atoms with Gasteiger partial charge >= 0.3 is 0 Å². The summed E-state index contributed by atoms with van der Waals surface area (Å²) in [4.78, 5) is 11.3. The highest BCUT2D eigenvalue weighted by Gasteiger charge is 2.16. The number of halogens is 1. The van der Waals surface area contributed by atoms with Gasteiger partial charge in [-0.15, -0.1) is 0 Å². The molecular weight excluding hydrogens is 478 g/mol. The molecule has 0 saturated heterocycles. The summed E-state index contributed by atoms with van der Waals surface area (Å²) >= 11 is 3.50. The molecule has 0 radical (unpaired) electrons. The molecule has 0 amide bonds. The summed E-state index contributed by atoms with van der Waals surface area (Å²) in [5, 5.41) is 4.15. The first-order chi connectivity index (χ1) is 16.1. The van der Waals surface area contributed by atoms with Crippen LogP contribution >= 0.6 is 15.9 Å². The summed E-state index contributed by atoms with van der Waals surface area (Å²) < 4.78 is 8.66. The fourth-order valence-corrected chi connectivity index (χ4v) is 4.39. The number of nitrogens with zero attached hydrogens (tertiary/aromatic N) is 5. The van der Waals surface area contributed by atoms with Crippen molar-refractivity contribution in [3.8, 4) is 5.69 Å². The number of aromatic nitrogens is 4. The Hall–Kier alpha value is -3.29. The van der Waals surface area contributed by atoms with Crippen LogP contribution in [0.15, 0.2) is 88.1 Å². The van der Waals surface area contributed by atoms with Crippen molar-refractivity contribution in [1.29, 1.82) is 0 Å². The summed E-state index contributed by atoms with van der Waals surface area (Å²) in [5.74, 6) is 1.32. The van der Waals surface area contributed by atoms with Gasteiger partial charge in [0, 0.05) is 22.6 Å². The van der Waals surface area contributed by atoms with Gasteiger partial charge in [-0.3, -0.25) is 9.47 Å². The van der Waals surface area contributed by atoms with Crippen LogP contribution in [-0.4, -0.2) is 31.6 Å². The van der Waals surface area contributed by atoms with E-state index in [1.807, 2.05) is 36.7 Å². The molecule has 5 rings (SSSR count). The molecule has 2 heterocycles. The second-order valence-corrected chi connectivity index (χ2v) is 9.11. The van der Waals surface area contributed by atoms with Gasteiger partial charge in [-0.05, 0) is 61.5 Å². The standard InChI is InChI=1S/C26H24BrN5O/c1-18(20-10-12-22(13-11-20)32-17-28-23-8-3-4-9-24(23)32)31(2)16-26-29-25(30-33-26)15-19-6-5-7-21(27)14-19/h3-14,17-18H,15-16H2,1-2H3. The molecule has 0 fully saturated rings. The molecule has 5 aromatic rings. The van der Waals surface area contributed by atoms with Crippen LogP contribution in [-0.2, 0) is 13.0 Å². The highest BCUT2D eigenvalue weighted by molar-refractivity contribution is 9.10. The molecule has 0 spiro atoms. The van der Waals surface area contributed by atoms with Crippen molar-refractivity contribution in [3.05, 3.63) is 106 Å². The summed E-state index contributed by atoms with van der Waals surface area (Å²) in [6.45, 7) is 2.76. The predicted octanol–water partition coefficient (Wildman–Crippen LogP) is 5.95. The van der Waals surface area contributed by atoms with Crippen molar-refractivity contribution in [1.82, 2.24) is 24.6 Å². The van der Waals surface area contributed by atoms with Gasteiger partial charge in [-0.25, -0.2) is 4.98 Å². The van der Waals surface area contributed by atoms with Crippen LogP contribution in [0.2, 0.25) is 0 Å². The molecule has 6 nitrogen and oxygen atoms in total. The van der Waals surface area contributed by atoms with Gasteiger partial charge in [0.05, 0.1) is 17.6 Å². The Morgan fingerprint density at radius 3 is 2.67 bits per heavy atom. The molecule has 2 aromatic heterocycles. The van der Waals surface area contributed by atoms with E-state index in [2.05, 4.69) is 97.0 Å². The zero-order valence-corrected chi connectivity index (χ0v) is 20.1. The number of hydrogen-bond donors (Lipinski definition) is 0. The second-order valence-electron chi connectivity index (χ2n) is 8.20. The molecular formula is C26H24BrN5O. The normalized spacial score (nSPS) is 12.5. The molecule has 0 aliphatic carbocycles. The van der Waals surface area contributed by atoms with E-state index in [9.17, 15) is 0 Å². The van der Waals surface area contributed by atoms with Crippen molar-refractivity contribution in [2.45, 2.75) is 25.9 Å². The van der Waals surface area contributed by atoms with Gasteiger partial charge in [-0.1, -0.05) is 57.5 Å². The fourth-order valence-electron chi connectivity index (χ4n) is 3.94. The third-order valence-electron chi connectivity index (χ3n) is 5.91. The monoisotopic (exact) mass is 501 g/mol. The third-order valence-corrected chi connectivity index (χ3v) is 6.41. The van der Waals surface area contributed by atoms with Crippen molar-refractivity contribution in [2.24, 2.45) is 0 Å². The molecule has 7 heteroatoms. The molecule has 1 unspecified atom stereocenters. The smallest absolute Gasteiger partial charge is 0.240 e. The lowest BCUT2D eigenvalue weighted by molar-refractivity contribution is 0.216. The Morgan fingerprint density at radius 2 is 1.85 bits per heavy atom. The molecule has 0 bridgehead atoms. The van der Waals surface area contributed by atoms with Crippen molar-refractivity contribution < 1.29 is 4.52 Å².